The van der Waals surface area contributed by atoms with E-state index in [0.29, 0.717) is 16.3 Å². The number of non-ortho nitro benzene ring substituents is 1. The summed E-state index contributed by atoms with van der Waals surface area (Å²) < 4.78 is 5.55. The van der Waals surface area contributed by atoms with Crippen molar-refractivity contribution in [3.05, 3.63) is 84.3 Å². The summed E-state index contributed by atoms with van der Waals surface area (Å²) in [6, 6.07) is 13.8. The lowest BCUT2D eigenvalue weighted by Crippen LogP contribution is -2.37. The zero-order valence-corrected chi connectivity index (χ0v) is 15.8. The summed E-state index contributed by atoms with van der Waals surface area (Å²) in [5.74, 6) is -1.14. The van der Waals surface area contributed by atoms with Gasteiger partial charge in [0, 0.05) is 28.5 Å². The summed E-state index contributed by atoms with van der Waals surface area (Å²) in [4.78, 5) is 39.2. The van der Waals surface area contributed by atoms with Crippen molar-refractivity contribution in [2.75, 3.05) is 0 Å². The number of thioether (sulfide) groups is 1. The number of nitro groups is 1. The zero-order valence-electron chi connectivity index (χ0n) is 14.2. The number of benzene rings is 2. The molecule has 0 fully saturated rings. The molecule has 2 aromatic carbocycles. The number of thiazole rings is 1. The molecule has 0 amide bonds. The second-order valence-corrected chi connectivity index (χ2v) is 8.73. The smallest absolute Gasteiger partial charge is 0.316 e. The number of nitrogens with one attached hydrogen (secondary N) is 1. The summed E-state index contributed by atoms with van der Waals surface area (Å²) in [5.41, 5.74) is 1.43. The SMILES string of the molecule is O=C1Oc2ccc([N+](=O)[O-])cc2[C@@H]2c3sc(=O)[nH]c3S[C@@H](c3ccccc3)[C@@H]12. The molecule has 0 saturated heterocycles. The van der Waals surface area contributed by atoms with Crippen LogP contribution >= 0.6 is 23.1 Å². The molecule has 0 unspecified atom stereocenters. The second kappa shape index (κ2) is 6.32. The van der Waals surface area contributed by atoms with Gasteiger partial charge < -0.3 is 9.72 Å². The number of rotatable bonds is 2. The highest BCUT2D eigenvalue weighted by Gasteiger charge is 2.49. The Morgan fingerprint density at radius 1 is 1.11 bits per heavy atom. The lowest BCUT2D eigenvalue weighted by Gasteiger charge is -2.39. The summed E-state index contributed by atoms with van der Waals surface area (Å²) >= 11 is 2.47. The van der Waals surface area contributed by atoms with E-state index in [9.17, 15) is 19.7 Å². The van der Waals surface area contributed by atoms with E-state index in [1.54, 1.807) is 0 Å². The molecular formula is C19H12N2O5S2. The van der Waals surface area contributed by atoms with E-state index in [1.807, 2.05) is 30.3 Å². The average molecular weight is 412 g/mol. The summed E-state index contributed by atoms with van der Waals surface area (Å²) in [6.07, 6.45) is 0. The number of carbonyl (C=O) groups excluding carboxylic acids is 1. The molecule has 3 atom stereocenters. The number of carbonyl (C=O) groups is 1. The Balaban J connectivity index is 1.75. The molecule has 7 nitrogen and oxygen atoms in total. The second-order valence-electron chi connectivity index (χ2n) is 6.56. The number of hydrogen-bond acceptors (Lipinski definition) is 7. The molecule has 1 aromatic heterocycles. The molecule has 3 aromatic rings. The highest BCUT2D eigenvalue weighted by atomic mass is 32.2. The number of H-pyrrole nitrogens is 1. The number of nitrogens with zero attached hydrogens (tertiary/aromatic N) is 1. The van der Waals surface area contributed by atoms with Crippen LogP contribution in [0, 0.1) is 16.0 Å². The van der Waals surface area contributed by atoms with E-state index in [4.69, 9.17) is 4.74 Å². The largest absolute Gasteiger partial charge is 0.426 e. The van der Waals surface area contributed by atoms with Gasteiger partial charge in [-0.2, -0.15) is 0 Å². The zero-order chi connectivity index (χ0) is 19.4. The minimum absolute atomic E-state index is 0.0747. The van der Waals surface area contributed by atoms with Gasteiger partial charge in [-0.05, 0) is 11.6 Å². The van der Waals surface area contributed by atoms with Crippen LogP contribution in [0.25, 0.3) is 0 Å². The van der Waals surface area contributed by atoms with Crippen LogP contribution in [0.1, 0.15) is 27.2 Å². The van der Waals surface area contributed by atoms with Gasteiger partial charge >= 0.3 is 10.8 Å². The molecule has 1 N–H and O–H groups in total. The fraction of sp³-hybridized carbons (Fsp3) is 0.158. The first-order chi connectivity index (χ1) is 13.5. The number of ether oxygens (including phenoxy) is 1. The first kappa shape index (κ1) is 17.2. The Labute approximate surface area is 166 Å². The van der Waals surface area contributed by atoms with E-state index < -0.39 is 16.8 Å². The lowest BCUT2D eigenvalue weighted by atomic mass is 9.78. The van der Waals surface area contributed by atoms with Gasteiger partial charge in [0.2, 0.25) is 0 Å². The summed E-state index contributed by atoms with van der Waals surface area (Å²) in [7, 11) is 0. The van der Waals surface area contributed by atoms with E-state index >= 15 is 0 Å². The van der Waals surface area contributed by atoms with Crippen LogP contribution in [0.5, 0.6) is 5.75 Å². The van der Waals surface area contributed by atoms with E-state index in [1.165, 1.54) is 30.0 Å². The van der Waals surface area contributed by atoms with Crippen molar-refractivity contribution in [2.45, 2.75) is 16.2 Å². The molecule has 9 heteroatoms. The normalized spacial score (nSPS) is 22.6. The molecule has 2 aliphatic heterocycles. The van der Waals surface area contributed by atoms with Crippen LogP contribution in [0.2, 0.25) is 0 Å². The fourth-order valence-electron chi connectivity index (χ4n) is 3.83. The monoisotopic (exact) mass is 412 g/mol. The summed E-state index contributed by atoms with van der Waals surface area (Å²) in [5, 5.41) is 11.7. The number of hydrogen-bond donors (Lipinski definition) is 1. The predicted molar refractivity (Wildman–Crippen MR) is 104 cm³/mol. The molecule has 5 rings (SSSR count). The van der Waals surface area contributed by atoms with Gasteiger partial charge in [0.25, 0.3) is 5.69 Å². The van der Waals surface area contributed by atoms with Gasteiger partial charge in [0.1, 0.15) is 5.75 Å². The maximum absolute atomic E-state index is 13.0. The van der Waals surface area contributed by atoms with Gasteiger partial charge in [-0.3, -0.25) is 19.7 Å². The Morgan fingerprint density at radius 3 is 2.64 bits per heavy atom. The van der Waals surface area contributed by atoms with Crippen molar-refractivity contribution >= 4 is 34.8 Å². The third kappa shape index (κ3) is 2.58. The molecule has 3 heterocycles. The van der Waals surface area contributed by atoms with Crippen molar-refractivity contribution in [1.29, 1.82) is 0 Å². The molecular weight excluding hydrogens is 400 g/mol. The molecule has 0 radical (unpaired) electrons. The van der Waals surface area contributed by atoms with Gasteiger partial charge in [-0.25, -0.2) is 0 Å². The Morgan fingerprint density at radius 2 is 1.89 bits per heavy atom. The third-order valence-electron chi connectivity index (χ3n) is 5.00. The van der Waals surface area contributed by atoms with Gasteiger partial charge in [0.15, 0.2) is 0 Å². The average Bonchev–Trinajstić information content (AvgIpc) is 3.07. The maximum Gasteiger partial charge on any atom is 0.316 e. The van der Waals surface area contributed by atoms with Crippen LogP contribution < -0.4 is 9.61 Å². The number of aromatic amines is 1. The van der Waals surface area contributed by atoms with Crippen LogP contribution in [-0.2, 0) is 4.79 Å². The predicted octanol–water partition coefficient (Wildman–Crippen LogP) is 3.86. The quantitative estimate of drug-likeness (QED) is 0.297. The van der Waals surface area contributed by atoms with Gasteiger partial charge in [-0.1, -0.05) is 53.4 Å². The van der Waals surface area contributed by atoms with E-state index in [-0.39, 0.29) is 21.8 Å². The highest BCUT2D eigenvalue weighted by Crippen LogP contribution is 2.58. The topological polar surface area (TPSA) is 102 Å². The van der Waals surface area contributed by atoms with Gasteiger partial charge in [-0.15, -0.1) is 0 Å². The Bertz CT molecular complexity index is 1170. The lowest BCUT2D eigenvalue weighted by molar-refractivity contribution is -0.385. The fourth-order valence-corrected chi connectivity index (χ4v) is 6.42. The van der Waals surface area contributed by atoms with Crippen molar-refractivity contribution < 1.29 is 14.5 Å². The molecule has 0 spiro atoms. The number of aromatic nitrogens is 1. The van der Waals surface area contributed by atoms with Crippen LogP contribution in [-0.4, -0.2) is 15.9 Å². The van der Waals surface area contributed by atoms with Gasteiger partial charge in [0.05, 0.1) is 21.1 Å². The van der Waals surface area contributed by atoms with Crippen molar-refractivity contribution in [1.82, 2.24) is 4.98 Å². The number of fused-ring (bicyclic) bond motifs is 5. The standard InChI is InChI=1S/C19H12N2O5S2/c22-18-14-13(11-8-10(21(24)25)6-7-12(11)26-18)16-17(20-19(23)28-16)27-15(14)9-4-2-1-3-5-9/h1-8,13-15H,(H,20,23)/t13-,14-,15-/m0/s1. The number of esters is 1. The maximum atomic E-state index is 13.0. The first-order valence-electron chi connectivity index (χ1n) is 8.47. The molecule has 28 heavy (non-hydrogen) atoms. The molecule has 140 valence electrons. The minimum Gasteiger partial charge on any atom is -0.426 e. The molecule has 0 aliphatic carbocycles. The summed E-state index contributed by atoms with van der Waals surface area (Å²) in [6.45, 7) is 0. The Kier molecular flexibility index (Phi) is 3.88. The van der Waals surface area contributed by atoms with Crippen molar-refractivity contribution in [3.8, 4) is 5.75 Å². The highest BCUT2D eigenvalue weighted by molar-refractivity contribution is 7.99. The van der Waals surface area contributed by atoms with Crippen LogP contribution in [0.15, 0.2) is 58.4 Å². The van der Waals surface area contributed by atoms with Crippen LogP contribution in [0.4, 0.5) is 5.69 Å². The molecule has 0 bridgehead atoms. The van der Waals surface area contributed by atoms with Crippen molar-refractivity contribution in [2.24, 2.45) is 5.92 Å². The Hall–Kier alpha value is -2.91. The van der Waals surface area contributed by atoms with Crippen LogP contribution in [0.3, 0.4) is 0 Å². The third-order valence-corrected chi connectivity index (χ3v) is 7.48. The van der Waals surface area contributed by atoms with E-state index in [2.05, 4.69) is 4.98 Å². The minimum atomic E-state index is -0.583. The first-order valence-corrected chi connectivity index (χ1v) is 10.2. The number of nitro benzene ring substituents is 1. The molecule has 0 saturated carbocycles. The van der Waals surface area contributed by atoms with Crippen molar-refractivity contribution in [3.63, 3.8) is 0 Å². The van der Waals surface area contributed by atoms with E-state index in [0.717, 1.165) is 21.8 Å². The molecule has 2 aliphatic rings.